The van der Waals surface area contributed by atoms with E-state index in [1.807, 2.05) is 18.7 Å². The fourth-order valence-corrected chi connectivity index (χ4v) is 6.53. The minimum absolute atomic E-state index is 0.0850. The van der Waals surface area contributed by atoms with Gasteiger partial charge in [0.25, 0.3) is 0 Å². The van der Waals surface area contributed by atoms with Gasteiger partial charge < -0.3 is 0 Å². The lowest BCUT2D eigenvalue weighted by Crippen LogP contribution is -2.41. The van der Waals surface area contributed by atoms with E-state index in [1.54, 1.807) is 48.5 Å². The highest BCUT2D eigenvalue weighted by Gasteiger charge is 2.31. The van der Waals surface area contributed by atoms with E-state index in [4.69, 9.17) is 0 Å². The van der Waals surface area contributed by atoms with Crippen molar-refractivity contribution in [2.24, 2.45) is 0 Å². The molecule has 0 spiro atoms. The second kappa shape index (κ2) is 10.0. The van der Waals surface area contributed by atoms with Gasteiger partial charge in [-0.1, -0.05) is 35.4 Å². The highest BCUT2D eigenvalue weighted by atomic mass is 32.2. The van der Waals surface area contributed by atoms with Gasteiger partial charge >= 0.3 is 0 Å². The highest BCUT2D eigenvalue weighted by molar-refractivity contribution is 7.89. The molecular formula is C21H29N3O4S3. The van der Waals surface area contributed by atoms with E-state index in [9.17, 15) is 16.8 Å². The van der Waals surface area contributed by atoms with Gasteiger partial charge in [0.15, 0.2) is 0 Å². The molecule has 0 aliphatic carbocycles. The number of aryl methyl sites for hydroxylation is 2. The summed E-state index contributed by atoms with van der Waals surface area (Å²) in [6.07, 6.45) is 0. The number of thiol groups is 1. The molecule has 2 aromatic rings. The maximum absolute atomic E-state index is 13.3. The second-order valence-electron chi connectivity index (χ2n) is 7.69. The van der Waals surface area contributed by atoms with E-state index in [2.05, 4.69) is 12.6 Å². The third kappa shape index (κ3) is 5.68. The first kappa shape index (κ1) is 24.2. The molecule has 0 aromatic heterocycles. The van der Waals surface area contributed by atoms with Crippen molar-refractivity contribution in [3.63, 3.8) is 0 Å². The number of hydrogen-bond donors (Lipinski definition) is 1. The summed E-state index contributed by atoms with van der Waals surface area (Å²) in [6.45, 7) is 5.47. The molecule has 0 saturated carbocycles. The molecule has 1 heterocycles. The topological polar surface area (TPSA) is 78.0 Å². The number of nitrogens with zero attached hydrogens (tertiary/aromatic N) is 3. The Hall–Kier alpha value is -1.43. The summed E-state index contributed by atoms with van der Waals surface area (Å²) < 4.78 is 55.8. The van der Waals surface area contributed by atoms with Crippen molar-refractivity contribution >= 4 is 32.7 Å². The van der Waals surface area contributed by atoms with Crippen LogP contribution in [0.25, 0.3) is 0 Å². The number of sulfonamides is 2. The molecule has 0 bridgehead atoms. The maximum atomic E-state index is 13.3. The summed E-state index contributed by atoms with van der Waals surface area (Å²) in [6, 6.07) is 13.4. The number of rotatable bonds is 5. The molecule has 10 heteroatoms. The zero-order valence-corrected chi connectivity index (χ0v) is 20.3. The summed E-state index contributed by atoms with van der Waals surface area (Å²) in [4.78, 5) is 2.37. The molecule has 2 aromatic carbocycles. The van der Waals surface area contributed by atoms with Gasteiger partial charge in [0.1, 0.15) is 0 Å². The van der Waals surface area contributed by atoms with E-state index in [0.29, 0.717) is 19.0 Å². The summed E-state index contributed by atoms with van der Waals surface area (Å²) in [7, 11) is -7.49. The predicted molar refractivity (Wildman–Crippen MR) is 125 cm³/mol. The van der Waals surface area contributed by atoms with Crippen LogP contribution in [0, 0.1) is 13.8 Å². The third-order valence-corrected chi connectivity index (χ3v) is 9.67. The van der Waals surface area contributed by atoms with Crippen molar-refractivity contribution in [3.8, 4) is 0 Å². The Kier molecular flexibility index (Phi) is 7.82. The molecule has 0 radical (unpaired) electrons. The smallest absolute Gasteiger partial charge is 0.243 e. The molecule has 1 aliphatic rings. The van der Waals surface area contributed by atoms with Crippen LogP contribution in [0.3, 0.4) is 0 Å². The second-order valence-corrected chi connectivity index (χ2v) is 11.9. The Morgan fingerprint density at radius 1 is 0.645 bits per heavy atom. The van der Waals surface area contributed by atoms with Gasteiger partial charge in [-0.25, -0.2) is 16.8 Å². The Balaban J connectivity index is 1.90. The fourth-order valence-electron chi connectivity index (χ4n) is 3.41. The van der Waals surface area contributed by atoms with Gasteiger partial charge in [0, 0.05) is 45.1 Å². The predicted octanol–water partition coefficient (Wildman–Crippen LogP) is 2.19. The third-order valence-electron chi connectivity index (χ3n) is 5.45. The van der Waals surface area contributed by atoms with Gasteiger partial charge in [-0.15, -0.1) is 0 Å². The Morgan fingerprint density at radius 3 is 1.29 bits per heavy atom. The van der Waals surface area contributed by atoms with Crippen molar-refractivity contribution in [1.82, 2.24) is 13.5 Å². The Morgan fingerprint density at radius 2 is 0.968 bits per heavy atom. The molecule has 3 rings (SSSR count). The molecule has 0 N–H and O–H groups in total. The molecule has 0 amide bonds. The van der Waals surface area contributed by atoms with Gasteiger partial charge in [-0.3, -0.25) is 4.90 Å². The van der Waals surface area contributed by atoms with Crippen LogP contribution in [0.4, 0.5) is 0 Å². The van der Waals surface area contributed by atoms with E-state index in [-0.39, 0.29) is 36.0 Å². The summed E-state index contributed by atoms with van der Waals surface area (Å²) in [5.41, 5.74) is 1.94. The van der Waals surface area contributed by atoms with Crippen molar-refractivity contribution < 1.29 is 16.8 Å². The van der Waals surface area contributed by atoms with E-state index >= 15 is 0 Å². The summed E-state index contributed by atoms with van der Waals surface area (Å²) >= 11 is 4.34. The normalized spacial score (nSPS) is 18.3. The van der Waals surface area contributed by atoms with E-state index in [1.165, 1.54) is 8.61 Å². The average Bonchev–Trinajstić information content (AvgIpc) is 2.85. The van der Waals surface area contributed by atoms with Gasteiger partial charge in [-0.2, -0.15) is 21.2 Å². The van der Waals surface area contributed by atoms with Crippen LogP contribution < -0.4 is 0 Å². The van der Waals surface area contributed by atoms with Crippen molar-refractivity contribution in [3.05, 3.63) is 59.7 Å². The van der Waals surface area contributed by atoms with Crippen LogP contribution in [0.2, 0.25) is 0 Å². The first-order chi connectivity index (χ1) is 14.6. The molecule has 1 saturated heterocycles. The lowest BCUT2D eigenvalue weighted by atomic mass is 10.2. The zero-order chi connectivity index (χ0) is 22.6. The minimum atomic E-state index is -3.75. The SMILES string of the molecule is Cc1ccc(S(=O)(=O)N2CCN(CS)CCN(S(=O)(=O)c3ccc(C)cc3)CC2)cc1. The summed E-state index contributed by atoms with van der Waals surface area (Å²) in [5.74, 6) is 0.414. The highest BCUT2D eigenvalue weighted by Crippen LogP contribution is 2.20. The zero-order valence-electron chi connectivity index (χ0n) is 17.8. The molecule has 31 heavy (non-hydrogen) atoms. The number of benzene rings is 2. The van der Waals surface area contributed by atoms with Crippen LogP contribution in [-0.4, -0.2) is 75.5 Å². The van der Waals surface area contributed by atoms with Crippen LogP contribution in [0.5, 0.6) is 0 Å². The summed E-state index contributed by atoms with van der Waals surface area (Å²) in [5, 5.41) is 0. The van der Waals surface area contributed by atoms with Crippen molar-refractivity contribution in [1.29, 1.82) is 0 Å². The first-order valence-corrected chi connectivity index (χ1v) is 13.6. The van der Waals surface area contributed by atoms with Crippen LogP contribution in [0.15, 0.2) is 58.3 Å². The lowest BCUT2D eigenvalue weighted by Gasteiger charge is -2.25. The van der Waals surface area contributed by atoms with Crippen LogP contribution in [0.1, 0.15) is 11.1 Å². The molecule has 170 valence electrons. The first-order valence-electron chi connectivity index (χ1n) is 10.1. The van der Waals surface area contributed by atoms with Crippen LogP contribution in [-0.2, 0) is 20.0 Å². The Labute approximate surface area is 191 Å². The molecule has 0 atom stereocenters. The molecule has 1 aliphatic heterocycles. The quantitative estimate of drug-likeness (QED) is 0.660. The largest absolute Gasteiger partial charge is 0.292 e. The molecule has 7 nitrogen and oxygen atoms in total. The minimum Gasteiger partial charge on any atom is -0.292 e. The van der Waals surface area contributed by atoms with Gasteiger partial charge in [0.05, 0.1) is 9.79 Å². The molecule has 1 fully saturated rings. The standard InChI is InChI=1S/C21H29N3O4S3/c1-18-3-7-20(8-4-18)30(25,26)23-13-11-22(17-29)12-14-24(16-15-23)31(27,28)21-9-5-19(2)6-10-21/h3-10,29H,11-17H2,1-2H3. The number of hydrogen-bond acceptors (Lipinski definition) is 6. The fraction of sp³-hybridized carbons (Fsp3) is 0.429. The molecular weight excluding hydrogens is 454 g/mol. The van der Waals surface area contributed by atoms with Crippen molar-refractivity contribution in [2.75, 3.05) is 45.1 Å². The Bertz CT molecular complexity index is 998. The van der Waals surface area contributed by atoms with Gasteiger partial charge in [0.2, 0.25) is 20.0 Å². The van der Waals surface area contributed by atoms with Gasteiger partial charge in [-0.05, 0) is 38.1 Å². The lowest BCUT2D eigenvalue weighted by molar-refractivity contribution is 0.293. The monoisotopic (exact) mass is 483 g/mol. The van der Waals surface area contributed by atoms with E-state index in [0.717, 1.165) is 11.1 Å². The maximum Gasteiger partial charge on any atom is 0.243 e. The van der Waals surface area contributed by atoms with Crippen molar-refractivity contribution in [2.45, 2.75) is 23.6 Å². The molecule has 0 unspecified atom stereocenters. The van der Waals surface area contributed by atoms with Crippen LogP contribution >= 0.6 is 12.6 Å². The average molecular weight is 484 g/mol. The van der Waals surface area contributed by atoms with E-state index < -0.39 is 20.0 Å².